The zero-order valence-electron chi connectivity index (χ0n) is 13.8. The SMILES string of the molecule is C=CCn1c(C)cc(C(=O)COc2ccc(C(C)=O)cc2)c1C. The molecule has 0 saturated heterocycles. The molecule has 0 N–H and O–H groups in total. The number of allylic oxidation sites excluding steroid dienone is 1. The number of benzene rings is 1. The molecule has 1 aromatic heterocycles. The van der Waals surface area contributed by atoms with Crippen molar-refractivity contribution in [2.24, 2.45) is 0 Å². The number of carbonyl (C=O) groups is 2. The van der Waals surface area contributed by atoms with E-state index in [1.54, 1.807) is 30.3 Å². The van der Waals surface area contributed by atoms with Crippen LogP contribution in [0, 0.1) is 13.8 Å². The lowest BCUT2D eigenvalue weighted by atomic mass is 10.1. The Labute approximate surface area is 136 Å². The Kier molecular flexibility index (Phi) is 5.16. The minimum Gasteiger partial charge on any atom is -0.485 e. The molecule has 4 heteroatoms. The van der Waals surface area contributed by atoms with Gasteiger partial charge in [-0.3, -0.25) is 9.59 Å². The molecule has 23 heavy (non-hydrogen) atoms. The molecule has 2 rings (SSSR count). The zero-order valence-corrected chi connectivity index (χ0v) is 13.8. The molecule has 0 fully saturated rings. The molecule has 0 amide bonds. The van der Waals surface area contributed by atoms with Crippen LogP contribution in [0.15, 0.2) is 43.0 Å². The first-order valence-corrected chi connectivity index (χ1v) is 7.48. The van der Waals surface area contributed by atoms with E-state index in [9.17, 15) is 9.59 Å². The maximum Gasteiger partial charge on any atom is 0.202 e. The zero-order chi connectivity index (χ0) is 17.0. The van der Waals surface area contributed by atoms with Crippen molar-refractivity contribution in [3.05, 3.63) is 65.5 Å². The van der Waals surface area contributed by atoms with Gasteiger partial charge in [-0.05, 0) is 51.1 Å². The van der Waals surface area contributed by atoms with E-state index >= 15 is 0 Å². The van der Waals surface area contributed by atoms with Crippen LogP contribution in [0.5, 0.6) is 5.75 Å². The van der Waals surface area contributed by atoms with Gasteiger partial charge in [0.1, 0.15) is 5.75 Å². The van der Waals surface area contributed by atoms with Gasteiger partial charge in [-0.25, -0.2) is 0 Å². The number of aryl methyl sites for hydroxylation is 1. The summed E-state index contributed by atoms with van der Waals surface area (Å²) in [6, 6.07) is 8.66. The molecular formula is C19H21NO3. The number of ether oxygens (including phenoxy) is 1. The largest absolute Gasteiger partial charge is 0.485 e. The third-order valence-electron chi connectivity index (χ3n) is 3.82. The van der Waals surface area contributed by atoms with Gasteiger partial charge in [0.25, 0.3) is 0 Å². The van der Waals surface area contributed by atoms with Gasteiger partial charge >= 0.3 is 0 Å². The molecule has 4 nitrogen and oxygen atoms in total. The topological polar surface area (TPSA) is 48.3 Å². The number of rotatable bonds is 7. The Hall–Kier alpha value is -2.62. The molecule has 0 saturated carbocycles. The van der Waals surface area contributed by atoms with Crippen molar-refractivity contribution in [3.63, 3.8) is 0 Å². The molecule has 0 bridgehead atoms. The lowest BCUT2D eigenvalue weighted by Crippen LogP contribution is -2.13. The first kappa shape index (κ1) is 16.7. The highest BCUT2D eigenvalue weighted by Crippen LogP contribution is 2.17. The Morgan fingerprint density at radius 1 is 1.22 bits per heavy atom. The first-order chi connectivity index (χ1) is 10.9. The Balaban J connectivity index is 2.06. The molecule has 0 atom stereocenters. The lowest BCUT2D eigenvalue weighted by molar-refractivity contribution is 0.0919. The molecule has 2 aromatic rings. The first-order valence-electron chi connectivity index (χ1n) is 7.48. The predicted molar refractivity (Wildman–Crippen MR) is 90.4 cm³/mol. The summed E-state index contributed by atoms with van der Waals surface area (Å²) in [6.07, 6.45) is 1.81. The summed E-state index contributed by atoms with van der Waals surface area (Å²) in [6.45, 7) is 9.78. The average Bonchev–Trinajstić information content (AvgIpc) is 2.81. The molecular weight excluding hydrogens is 290 g/mol. The Morgan fingerprint density at radius 2 is 1.87 bits per heavy atom. The standard InChI is InChI=1S/C19H21NO3/c1-5-10-20-13(2)11-18(14(20)3)19(22)12-23-17-8-6-16(7-9-17)15(4)21/h5-9,11H,1,10,12H2,2-4H3. The van der Waals surface area contributed by atoms with Crippen LogP contribution in [0.25, 0.3) is 0 Å². The van der Waals surface area contributed by atoms with Crippen LogP contribution in [0.3, 0.4) is 0 Å². The van der Waals surface area contributed by atoms with Crippen molar-refractivity contribution in [2.45, 2.75) is 27.3 Å². The second-order valence-corrected chi connectivity index (χ2v) is 5.48. The quantitative estimate of drug-likeness (QED) is 0.578. The maximum absolute atomic E-state index is 12.4. The normalized spacial score (nSPS) is 10.4. The second kappa shape index (κ2) is 7.09. The van der Waals surface area contributed by atoms with Crippen molar-refractivity contribution in [1.29, 1.82) is 0 Å². The number of Topliss-reactive ketones (excluding diaryl/α,β-unsaturated/α-hetero) is 2. The number of aromatic nitrogens is 1. The summed E-state index contributed by atoms with van der Waals surface area (Å²) in [5.41, 5.74) is 3.24. The van der Waals surface area contributed by atoms with E-state index < -0.39 is 0 Å². The van der Waals surface area contributed by atoms with Gasteiger partial charge in [0.2, 0.25) is 5.78 Å². The molecule has 0 unspecified atom stereocenters. The molecule has 0 radical (unpaired) electrons. The highest BCUT2D eigenvalue weighted by atomic mass is 16.5. The van der Waals surface area contributed by atoms with Crippen LogP contribution in [0.1, 0.15) is 39.0 Å². The van der Waals surface area contributed by atoms with Gasteiger partial charge in [-0.1, -0.05) is 6.08 Å². The number of nitrogens with zero attached hydrogens (tertiary/aromatic N) is 1. The number of hydrogen-bond acceptors (Lipinski definition) is 3. The summed E-state index contributed by atoms with van der Waals surface area (Å²) in [5.74, 6) is 0.509. The number of hydrogen-bond donors (Lipinski definition) is 0. The summed E-state index contributed by atoms with van der Waals surface area (Å²) < 4.78 is 7.57. The predicted octanol–water partition coefficient (Wildman–Crippen LogP) is 3.76. The van der Waals surface area contributed by atoms with Crippen LogP contribution in [-0.2, 0) is 6.54 Å². The van der Waals surface area contributed by atoms with Gasteiger partial charge in [0, 0.05) is 29.1 Å². The smallest absolute Gasteiger partial charge is 0.202 e. The van der Waals surface area contributed by atoms with E-state index in [1.165, 1.54) is 6.92 Å². The molecule has 0 aliphatic rings. The second-order valence-electron chi connectivity index (χ2n) is 5.48. The monoisotopic (exact) mass is 311 g/mol. The van der Waals surface area contributed by atoms with Crippen LogP contribution >= 0.6 is 0 Å². The Bertz CT molecular complexity index is 739. The fraction of sp³-hybridized carbons (Fsp3) is 0.263. The molecule has 120 valence electrons. The highest BCUT2D eigenvalue weighted by molar-refractivity contribution is 5.98. The minimum absolute atomic E-state index is 0.00212. The van der Waals surface area contributed by atoms with E-state index in [2.05, 4.69) is 6.58 Å². The molecule has 0 spiro atoms. The van der Waals surface area contributed by atoms with Gasteiger partial charge in [-0.2, -0.15) is 0 Å². The van der Waals surface area contributed by atoms with E-state index in [-0.39, 0.29) is 18.2 Å². The van der Waals surface area contributed by atoms with E-state index in [1.807, 2.05) is 24.5 Å². The van der Waals surface area contributed by atoms with E-state index in [4.69, 9.17) is 4.74 Å². The summed E-state index contributed by atoms with van der Waals surface area (Å²) in [7, 11) is 0. The third kappa shape index (κ3) is 3.77. The lowest BCUT2D eigenvalue weighted by Gasteiger charge is -2.08. The minimum atomic E-state index is -0.0657. The van der Waals surface area contributed by atoms with Crippen molar-refractivity contribution in [2.75, 3.05) is 6.61 Å². The summed E-state index contributed by atoms with van der Waals surface area (Å²) in [5, 5.41) is 0. The van der Waals surface area contributed by atoms with Gasteiger partial charge in [0.15, 0.2) is 12.4 Å². The van der Waals surface area contributed by atoms with Crippen LogP contribution in [0.2, 0.25) is 0 Å². The Morgan fingerprint density at radius 3 is 2.43 bits per heavy atom. The highest BCUT2D eigenvalue weighted by Gasteiger charge is 2.15. The van der Waals surface area contributed by atoms with Crippen molar-refractivity contribution in [3.8, 4) is 5.75 Å². The van der Waals surface area contributed by atoms with Gasteiger partial charge < -0.3 is 9.30 Å². The summed E-state index contributed by atoms with van der Waals surface area (Å²) >= 11 is 0. The van der Waals surface area contributed by atoms with Gasteiger partial charge in [0.05, 0.1) is 0 Å². The van der Waals surface area contributed by atoms with E-state index in [0.29, 0.717) is 23.4 Å². The molecule has 0 aliphatic heterocycles. The molecule has 1 heterocycles. The third-order valence-corrected chi connectivity index (χ3v) is 3.82. The van der Waals surface area contributed by atoms with Crippen molar-refractivity contribution < 1.29 is 14.3 Å². The van der Waals surface area contributed by atoms with Crippen molar-refractivity contribution >= 4 is 11.6 Å². The van der Waals surface area contributed by atoms with Crippen LogP contribution in [-0.4, -0.2) is 22.7 Å². The number of ketones is 2. The molecule has 1 aromatic carbocycles. The fourth-order valence-electron chi connectivity index (χ4n) is 2.51. The fourth-order valence-corrected chi connectivity index (χ4v) is 2.51. The van der Waals surface area contributed by atoms with Crippen LogP contribution in [0.4, 0.5) is 0 Å². The number of carbonyl (C=O) groups excluding carboxylic acids is 2. The van der Waals surface area contributed by atoms with Crippen molar-refractivity contribution in [1.82, 2.24) is 4.57 Å². The average molecular weight is 311 g/mol. The maximum atomic E-state index is 12.4. The van der Waals surface area contributed by atoms with Gasteiger partial charge in [-0.15, -0.1) is 6.58 Å². The van der Waals surface area contributed by atoms with Crippen LogP contribution < -0.4 is 4.74 Å². The summed E-state index contributed by atoms with van der Waals surface area (Å²) in [4.78, 5) is 23.6. The van der Waals surface area contributed by atoms with E-state index in [0.717, 1.165) is 11.4 Å². The molecule has 0 aliphatic carbocycles.